The minimum absolute atomic E-state index is 0.0453. The third-order valence-corrected chi connectivity index (χ3v) is 5.11. The van der Waals surface area contributed by atoms with Gasteiger partial charge in [-0.05, 0) is 24.3 Å². The number of ether oxygens (including phenoxy) is 1. The summed E-state index contributed by atoms with van der Waals surface area (Å²) < 4.78 is 7.17. The summed E-state index contributed by atoms with van der Waals surface area (Å²) in [5.41, 5.74) is 2.03. The van der Waals surface area contributed by atoms with E-state index >= 15 is 0 Å². The Hall–Kier alpha value is -3.52. The molecule has 0 spiro atoms. The number of rotatable bonds is 7. The van der Waals surface area contributed by atoms with Gasteiger partial charge < -0.3 is 4.74 Å². The first-order valence-electron chi connectivity index (χ1n) is 8.84. The van der Waals surface area contributed by atoms with Gasteiger partial charge in [0, 0.05) is 18.1 Å². The van der Waals surface area contributed by atoms with E-state index in [1.54, 1.807) is 37.8 Å². The molecule has 0 aliphatic rings. The SMILES string of the molecule is COc1ccccc1C(=O)CSc1nnc(-c2cnccn2)n1-c1ccccc1. The fourth-order valence-electron chi connectivity index (χ4n) is 2.84. The van der Waals surface area contributed by atoms with Crippen molar-refractivity contribution < 1.29 is 9.53 Å². The number of carbonyl (C=O) groups excluding carboxylic acids is 1. The van der Waals surface area contributed by atoms with Gasteiger partial charge in [-0.3, -0.25) is 14.3 Å². The summed E-state index contributed by atoms with van der Waals surface area (Å²) in [7, 11) is 1.55. The van der Waals surface area contributed by atoms with Gasteiger partial charge in [0.2, 0.25) is 0 Å². The predicted octanol–water partition coefficient (Wildman–Crippen LogP) is 3.71. The first-order chi connectivity index (χ1) is 14.3. The van der Waals surface area contributed by atoms with Crippen molar-refractivity contribution in [3.05, 3.63) is 78.8 Å². The molecule has 0 aliphatic carbocycles. The Morgan fingerprint density at radius 3 is 2.59 bits per heavy atom. The van der Waals surface area contributed by atoms with Crippen molar-refractivity contribution in [2.75, 3.05) is 12.9 Å². The van der Waals surface area contributed by atoms with Crippen LogP contribution < -0.4 is 4.74 Å². The lowest BCUT2D eigenvalue weighted by Crippen LogP contribution is -2.06. The van der Waals surface area contributed by atoms with Gasteiger partial charge in [-0.1, -0.05) is 42.1 Å². The summed E-state index contributed by atoms with van der Waals surface area (Å²) in [5, 5.41) is 9.20. The molecule has 2 aromatic heterocycles. The molecule has 144 valence electrons. The van der Waals surface area contributed by atoms with E-state index in [0.717, 1.165) is 5.69 Å². The van der Waals surface area contributed by atoms with E-state index in [9.17, 15) is 4.79 Å². The Labute approximate surface area is 171 Å². The van der Waals surface area contributed by atoms with E-state index in [2.05, 4.69) is 20.2 Å². The van der Waals surface area contributed by atoms with Crippen LogP contribution in [0.25, 0.3) is 17.2 Å². The van der Waals surface area contributed by atoms with Gasteiger partial charge in [-0.25, -0.2) is 4.98 Å². The first kappa shape index (κ1) is 18.8. The van der Waals surface area contributed by atoms with Crippen molar-refractivity contribution in [1.82, 2.24) is 24.7 Å². The van der Waals surface area contributed by atoms with Crippen LogP contribution in [0.2, 0.25) is 0 Å². The minimum Gasteiger partial charge on any atom is -0.496 e. The number of carbonyl (C=O) groups is 1. The number of ketones is 1. The molecule has 0 amide bonds. The van der Waals surface area contributed by atoms with Gasteiger partial charge in [0.15, 0.2) is 16.8 Å². The van der Waals surface area contributed by atoms with E-state index in [1.165, 1.54) is 11.8 Å². The van der Waals surface area contributed by atoms with Gasteiger partial charge in [-0.15, -0.1) is 10.2 Å². The molecule has 4 rings (SSSR count). The van der Waals surface area contributed by atoms with Gasteiger partial charge in [0.05, 0.1) is 24.6 Å². The summed E-state index contributed by atoms with van der Waals surface area (Å²) in [6.07, 6.45) is 4.85. The topological polar surface area (TPSA) is 82.8 Å². The number of methoxy groups -OCH3 is 1. The van der Waals surface area contributed by atoms with Crippen LogP contribution in [0.3, 0.4) is 0 Å². The number of nitrogens with zero attached hydrogens (tertiary/aromatic N) is 5. The average molecular weight is 403 g/mol. The zero-order valence-electron chi connectivity index (χ0n) is 15.6. The maximum Gasteiger partial charge on any atom is 0.196 e. The summed E-state index contributed by atoms with van der Waals surface area (Å²) in [4.78, 5) is 21.2. The molecule has 4 aromatic rings. The monoisotopic (exact) mass is 403 g/mol. The maximum absolute atomic E-state index is 12.7. The van der Waals surface area contributed by atoms with Crippen LogP contribution in [0.4, 0.5) is 0 Å². The molecular formula is C21H17N5O2S. The molecule has 0 bridgehead atoms. The standard InChI is InChI=1S/C21H17N5O2S/c1-28-19-10-6-5-9-16(19)18(27)14-29-21-25-24-20(17-13-22-11-12-23-17)26(21)15-7-3-2-4-8-15/h2-13H,14H2,1H3. The summed E-state index contributed by atoms with van der Waals surface area (Å²) in [6, 6.07) is 16.9. The van der Waals surface area contributed by atoms with Crippen molar-refractivity contribution in [3.8, 4) is 23.0 Å². The third-order valence-electron chi connectivity index (χ3n) is 4.18. The smallest absolute Gasteiger partial charge is 0.196 e. The molecule has 0 fully saturated rings. The van der Waals surface area contributed by atoms with Crippen LogP contribution in [0.5, 0.6) is 5.75 Å². The molecule has 0 saturated heterocycles. The van der Waals surface area contributed by atoms with Crippen LogP contribution >= 0.6 is 11.8 Å². The Bertz CT molecular complexity index is 1120. The lowest BCUT2D eigenvalue weighted by Gasteiger charge is -2.10. The molecule has 2 aromatic carbocycles. The molecule has 8 heteroatoms. The number of Topliss-reactive ketones (excluding diaryl/α,β-unsaturated/α-hetero) is 1. The number of para-hydroxylation sites is 2. The molecule has 29 heavy (non-hydrogen) atoms. The van der Waals surface area contributed by atoms with Gasteiger partial charge in [0.25, 0.3) is 0 Å². The Balaban J connectivity index is 1.66. The highest BCUT2D eigenvalue weighted by Crippen LogP contribution is 2.28. The molecule has 0 unspecified atom stereocenters. The largest absolute Gasteiger partial charge is 0.496 e. The van der Waals surface area contributed by atoms with Gasteiger partial charge >= 0.3 is 0 Å². The maximum atomic E-state index is 12.7. The van der Waals surface area contributed by atoms with Crippen molar-refractivity contribution >= 4 is 17.5 Å². The van der Waals surface area contributed by atoms with Crippen molar-refractivity contribution in [1.29, 1.82) is 0 Å². The molecule has 0 radical (unpaired) electrons. The normalized spacial score (nSPS) is 10.7. The number of benzene rings is 2. The van der Waals surface area contributed by atoms with Gasteiger partial charge in [0.1, 0.15) is 11.4 Å². The number of thioether (sulfide) groups is 1. The fraction of sp³-hybridized carbons (Fsp3) is 0.0952. The summed E-state index contributed by atoms with van der Waals surface area (Å²) >= 11 is 1.32. The zero-order chi connectivity index (χ0) is 20.1. The summed E-state index contributed by atoms with van der Waals surface area (Å²) in [5.74, 6) is 1.28. The second-order valence-electron chi connectivity index (χ2n) is 5.98. The van der Waals surface area contributed by atoms with E-state index in [-0.39, 0.29) is 11.5 Å². The highest BCUT2D eigenvalue weighted by Gasteiger charge is 2.19. The van der Waals surface area contributed by atoms with Crippen LogP contribution in [-0.4, -0.2) is 43.4 Å². The van der Waals surface area contributed by atoms with Crippen LogP contribution in [0, 0.1) is 0 Å². The van der Waals surface area contributed by atoms with Crippen molar-refractivity contribution in [3.63, 3.8) is 0 Å². The molecule has 0 saturated carbocycles. The number of hydrogen-bond acceptors (Lipinski definition) is 7. The second kappa shape index (κ2) is 8.66. The Morgan fingerprint density at radius 1 is 1.03 bits per heavy atom. The van der Waals surface area contributed by atoms with Crippen molar-refractivity contribution in [2.45, 2.75) is 5.16 Å². The summed E-state index contributed by atoms with van der Waals surface area (Å²) in [6.45, 7) is 0. The number of aromatic nitrogens is 5. The van der Waals surface area contributed by atoms with Gasteiger partial charge in [-0.2, -0.15) is 0 Å². The van der Waals surface area contributed by atoms with E-state index < -0.39 is 0 Å². The minimum atomic E-state index is -0.0453. The second-order valence-corrected chi connectivity index (χ2v) is 6.92. The Morgan fingerprint density at radius 2 is 1.83 bits per heavy atom. The molecule has 7 nitrogen and oxygen atoms in total. The molecule has 0 aliphatic heterocycles. The van der Waals surface area contributed by atoms with E-state index in [0.29, 0.717) is 28.0 Å². The molecule has 0 N–H and O–H groups in total. The quantitative estimate of drug-likeness (QED) is 0.344. The first-order valence-corrected chi connectivity index (χ1v) is 9.82. The fourth-order valence-corrected chi connectivity index (χ4v) is 3.67. The van der Waals surface area contributed by atoms with E-state index in [4.69, 9.17) is 4.74 Å². The van der Waals surface area contributed by atoms with E-state index in [1.807, 2.05) is 47.0 Å². The van der Waals surface area contributed by atoms with Crippen LogP contribution in [-0.2, 0) is 0 Å². The average Bonchev–Trinajstić information content (AvgIpc) is 3.22. The third kappa shape index (κ3) is 4.02. The van der Waals surface area contributed by atoms with Crippen LogP contribution in [0.1, 0.15) is 10.4 Å². The molecular weight excluding hydrogens is 386 g/mol. The highest BCUT2D eigenvalue weighted by molar-refractivity contribution is 7.99. The lowest BCUT2D eigenvalue weighted by atomic mass is 10.1. The predicted molar refractivity (Wildman–Crippen MR) is 110 cm³/mol. The number of hydrogen-bond donors (Lipinski definition) is 0. The molecule has 0 atom stereocenters. The van der Waals surface area contributed by atoms with Crippen LogP contribution in [0.15, 0.2) is 78.3 Å². The highest BCUT2D eigenvalue weighted by atomic mass is 32.2. The lowest BCUT2D eigenvalue weighted by molar-refractivity contribution is 0.101. The zero-order valence-corrected chi connectivity index (χ0v) is 16.4. The van der Waals surface area contributed by atoms with Crippen molar-refractivity contribution in [2.24, 2.45) is 0 Å². The molecule has 2 heterocycles. The Kier molecular flexibility index (Phi) is 5.62.